The van der Waals surface area contributed by atoms with Gasteiger partial charge >= 0.3 is 5.97 Å². The molecule has 1 aromatic carbocycles. The highest BCUT2D eigenvalue weighted by Crippen LogP contribution is 2.30. The molecule has 1 N–H and O–H groups in total. The van der Waals surface area contributed by atoms with Crippen LogP contribution in [0.2, 0.25) is 0 Å². The summed E-state index contributed by atoms with van der Waals surface area (Å²) in [7, 11) is 1.61. The third-order valence-electron chi connectivity index (χ3n) is 2.92. The van der Waals surface area contributed by atoms with E-state index in [0.29, 0.717) is 6.42 Å². The lowest BCUT2D eigenvalue weighted by Crippen LogP contribution is -2.30. The van der Waals surface area contributed by atoms with Crippen molar-refractivity contribution in [2.75, 3.05) is 7.11 Å². The smallest absolute Gasteiger partial charge is 0.307 e. The molecule has 1 atom stereocenters. The van der Waals surface area contributed by atoms with Crippen LogP contribution in [0.5, 0.6) is 5.75 Å². The highest BCUT2D eigenvalue weighted by atomic mass is 16.5. The largest absolute Gasteiger partial charge is 0.497 e. The molecule has 1 unspecified atom stereocenters. The molecule has 0 radical (unpaired) electrons. The number of hydrogen-bond donors (Lipinski definition) is 1. The average molecular weight is 236 g/mol. The van der Waals surface area contributed by atoms with E-state index in [4.69, 9.17) is 4.74 Å². The molecule has 0 amide bonds. The Morgan fingerprint density at radius 1 is 1.41 bits per heavy atom. The molecule has 17 heavy (non-hydrogen) atoms. The number of carboxylic acid groups (broad SMARTS) is 1. The number of ether oxygens (including phenoxy) is 1. The molecule has 0 heterocycles. The van der Waals surface area contributed by atoms with Gasteiger partial charge in [0.1, 0.15) is 5.75 Å². The summed E-state index contributed by atoms with van der Waals surface area (Å²) >= 11 is 0. The van der Waals surface area contributed by atoms with Crippen LogP contribution in [0.4, 0.5) is 0 Å². The Labute approximate surface area is 102 Å². The molecule has 0 spiro atoms. The average Bonchev–Trinajstić information content (AvgIpc) is 2.24. The zero-order valence-electron chi connectivity index (χ0n) is 10.9. The van der Waals surface area contributed by atoms with Gasteiger partial charge in [0, 0.05) is 0 Å². The first kappa shape index (κ1) is 13.6. The second-order valence-corrected chi connectivity index (χ2v) is 5.31. The van der Waals surface area contributed by atoms with Crippen LogP contribution in [-0.4, -0.2) is 18.2 Å². The summed E-state index contributed by atoms with van der Waals surface area (Å²) in [5.41, 5.74) is 0.737. The lowest BCUT2D eigenvalue weighted by molar-refractivity contribution is -0.145. The minimum atomic E-state index is -0.750. The Kier molecular flexibility index (Phi) is 4.16. The molecular weight excluding hydrogens is 216 g/mol. The van der Waals surface area contributed by atoms with E-state index < -0.39 is 11.9 Å². The lowest BCUT2D eigenvalue weighted by Gasteiger charge is -2.27. The van der Waals surface area contributed by atoms with Crippen molar-refractivity contribution in [2.45, 2.75) is 27.2 Å². The summed E-state index contributed by atoms with van der Waals surface area (Å²) in [6, 6.07) is 7.57. The lowest BCUT2D eigenvalue weighted by atomic mass is 9.77. The van der Waals surface area contributed by atoms with E-state index in [1.165, 1.54) is 0 Å². The first-order valence-corrected chi connectivity index (χ1v) is 5.70. The summed E-state index contributed by atoms with van der Waals surface area (Å²) in [6.45, 7) is 5.85. The highest BCUT2D eigenvalue weighted by molar-refractivity contribution is 5.71. The topological polar surface area (TPSA) is 46.5 Å². The zero-order valence-corrected chi connectivity index (χ0v) is 10.9. The molecule has 0 aliphatic rings. The second-order valence-electron chi connectivity index (χ2n) is 5.31. The first-order valence-electron chi connectivity index (χ1n) is 5.70. The quantitative estimate of drug-likeness (QED) is 0.874. The Morgan fingerprint density at radius 2 is 2.06 bits per heavy atom. The fraction of sp³-hybridized carbons (Fsp3) is 0.500. The Hall–Kier alpha value is -1.51. The van der Waals surface area contributed by atoms with Crippen molar-refractivity contribution in [3.63, 3.8) is 0 Å². The molecule has 0 aromatic heterocycles. The van der Waals surface area contributed by atoms with Gasteiger partial charge in [-0.3, -0.25) is 4.79 Å². The van der Waals surface area contributed by atoms with Gasteiger partial charge in [0.05, 0.1) is 13.0 Å². The van der Waals surface area contributed by atoms with Crippen molar-refractivity contribution in [3.8, 4) is 5.75 Å². The van der Waals surface area contributed by atoms with Crippen molar-refractivity contribution in [1.29, 1.82) is 0 Å². The molecule has 0 saturated carbocycles. The number of rotatable bonds is 4. The van der Waals surface area contributed by atoms with E-state index in [1.54, 1.807) is 7.11 Å². The van der Waals surface area contributed by atoms with Crippen molar-refractivity contribution in [1.82, 2.24) is 0 Å². The van der Waals surface area contributed by atoms with Crippen LogP contribution < -0.4 is 4.74 Å². The Balaban J connectivity index is 2.90. The predicted molar refractivity (Wildman–Crippen MR) is 67.3 cm³/mol. The van der Waals surface area contributed by atoms with Gasteiger partial charge < -0.3 is 9.84 Å². The maximum absolute atomic E-state index is 11.3. The van der Waals surface area contributed by atoms with Gasteiger partial charge in [-0.15, -0.1) is 0 Å². The molecule has 0 aliphatic heterocycles. The number of aliphatic carboxylic acids is 1. The van der Waals surface area contributed by atoms with Crippen molar-refractivity contribution in [3.05, 3.63) is 29.8 Å². The SMILES string of the molecule is COc1cccc(CC(C(=O)O)C(C)(C)C)c1. The van der Waals surface area contributed by atoms with Crippen LogP contribution in [0.15, 0.2) is 24.3 Å². The first-order chi connectivity index (χ1) is 7.84. The summed E-state index contributed by atoms with van der Waals surface area (Å²) in [6.07, 6.45) is 0.524. The van der Waals surface area contributed by atoms with Crippen LogP contribution in [-0.2, 0) is 11.2 Å². The summed E-state index contributed by atoms with van der Waals surface area (Å²) in [4.78, 5) is 11.3. The van der Waals surface area contributed by atoms with Gasteiger partial charge in [0.25, 0.3) is 0 Å². The van der Waals surface area contributed by atoms with Crippen molar-refractivity contribution < 1.29 is 14.6 Å². The highest BCUT2D eigenvalue weighted by Gasteiger charge is 2.31. The van der Waals surface area contributed by atoms with Crippen LogP contribution in [0.3, 0.4) is 0 Å². The van der Waals surface area contributed by atoms with Crippen LogP contribution in [0.1, 0.15) is 26.3 Å². The van der Waals surface area contributed by atoms with Gasteiger partial charge in [-0.25, -0.2) is 0 Å². The fourth-order valence-corrected chi connectivity index (χ4v) is 1.80. The maximum Gasteiger partial charge on any atom is 0.307 e. The van der Waals surface area contributed by atoms with Crippen molar-refractivity contribution >= 4 is 5.97 Å². The standard InChI is InChI=1S/C14H20O3/c1-14(2,3)12(13(15)16)9-10-6-5-7-11(8-10)17-4/h5-8,12H,9H2,1-4H3,(H,15,16). The summed E-state index contributed by atoms with van der Waals surface area (Å²) in [5.74, 6) is -0.379. The van der Waals surface area contributed by atoms with Gasteiger partial charge in [-0.1, -0.05) is 32.9 Å². The minimum absolute atomic E-state index is 0.255. The van der Waals surface area contributed by atoms with E-state index in [2.05, 4.69) is 0 Å². The van der Waals surface area contributed by atoms with Gasteiger partial charge in [0.15, 0.2) is 0 Å². The number of hydrogen-bond acceptors (Lipinski definition) is 2. The Morgan fingerprint density at radius 3 is 2.53 bits per heavy atom. The third-order valence-corrected chi connectivity index (χ3v) is 2.92. The van der Waals surface area contributed by atoms with Crippen LogP contribution in [0, 0.1) is 11.3 Å². The third kappa shape index (κ3) is 3.77. The Bertz CT molecular complexity index is 391. The molecular formula is C14H20O3. The maximum atomic E-state index is 11.3. The second kappa shape index (κ2) is 5.21. The van der Waals surface area contributed by atoms with Crippen LogP contribution >= 0.6 is 0 Å². The monoisotopic (exact) mass is 236 g/mol. The van der Waals surface area contributed by atoms with Crippen molar-refractivity contribution in [2.24, 2.45) is 11.3 Å². The number of methoxy groups -OCH3 is 1. The van der Waals surface area contributed by atoms with Gasteiger partial charge in [0.2, 0.25) is 0 Å². The molecule has 1 aromatic rings. The predicted octanol–water partition coefficient (Wildman–Crippen LogP) is 2.98. The van der Waals surface area contributed by atoms with E-state index in [1.807, 2.05) is 45.0 Å². The molecule has 0 aliphatic carbocycles. The van der Waals surface area contributed by atoms with Crippen LogP contribution in [0.25, 0.3) is 0 Å². The molecule has 0 fully saturated rings. The molecule has 1 rings (SSSR count). The summed E-state index contributed by atoms with van der Waals surface area (Å²) in [5, 5.41) is 9.27. The molecule has 0 saturated heterocycles. The minimum Gasteiger partial charge on any atom is -0.497 e. The fourth-order valence-electron chi connectivity index (χ4n) is 1.80. The van der Waals surface area contributed by atoms with Gasteiger partial charge in [-0.2, -0.15) is 0 Å². The number of carboxylic acids is 1. The summed E-state index contributed by atoms with van der Waals surface area (Å²) < 4.78 is 5.14. The normalized spacial score (nSPS) is 13.2. The van der Waals surface area contributed by atoms with E-state index in [-0.39, 0.29) is 5.41 Å². The molecule has 0 bridgehead atoms. The zero-order chi connectivity index (χ0) is 13.1. The van der Waals surface area contributed by atoms with E-state index in [0.717, 1.165) is 11.3 Å². The molecule has 3 nitrogen and oxygen atoms in total. The molecule has 94 valence electrons. The van der Waals surface area contributed by atoms with E-state index in [9.17, 15) is 9.90 Å². The number of carbonyl (C=O) groups is 1. The molecule has 3 heteroatoms. The van der Waals surface area contributed by atoms with Gasteiger partial charge in [-0.05, 0) is 29.5 Å². The number of benzene rings is 1. The van der Waals surface area contributed by atoms with E-state index >= 15 is 0 Å².